The first kappa shape index (κ1) is 11.9. The van der Waals surface area contributed by atoms with E-state index in [2.05, 4.69) is 7.05 Å². The van der Waals surface area contributed by atoms with Gasteiger partial charge in [0, 0.05) is 38.9 Å². The maximum atomic E-state index is 3.64. The Hall–Kier alpha value is 0.184. The summed E-state index contributed by atoms with van der Waals surface area (Å²) in [4.78, 5) is 0. The molecule has 0 saturated heterocycles. The Morgan fingerprint density at radius 2 is 2.11 bits per heavy atom. The first-order valence-corrected chi connectivity index (χ1v) is 2.13. The van der Waals surface area contributed by atoms with Gasteiger partial charge in [0.25, 0.3) is 0 Å². The fraction of sp³-hybridized carbons (Fsp3) is 0.167. The van der Waals surface area contributed by atoms with Gasteiger partial charge >= 0.3 is 0 Å². The average Bonchev–Trinajstić information content (AvgIpc) is 1.87. The topological polar surface area (TPSA) is 8.81 Å². The molecule has 0 N–H and O–H groups in total. The van der Waals surface area contributed by atoms with Gasteiger partial charge < -0.3 is 16.6 Å². The van der Waals surface area contributed by atoms with Gasteiger partial charge in [-0.2, -0.15) is 0 Å². The number of nitrogens with zero attached hydrogens (tertiary/aromatic N) is 2. The molecule has 0 aliphatic carbocycles. The van der Waals surface area contributed by atoms with Crippen LogP contribution in [-0.4, -0.2) is 4.57 Å². The molecule has 0 saturated carbocycles. The Kier molecular flexibility index (Phi) is 6.63. The number of imidazole rings is 1. The molecular formula is C6H11N2Y-. The fourth-order valence-electron chi connectivity index (χ4n) is 0.502. The second kappa shape index (κ2) is 5.01. The SMILES string of the molecule is [CH2-][n+]1ccn(C)c1.[CH3-].[Y]. The zero-order valence-corrected chi connectivity index (χ0v) is 8.75. The number of rotatable bonds is 0. The van der Waals surface area contributed by atoms with E-state index in [0.29, 0.717) is 0 Å². The average molecular weight is 200 g/mol. The van der Waals surface area contributed by atoms with Crippen molar-refractivity contribution in [3.8, 4) is 0 Å². The molecule has 0 aliphatic rings. The van der Waals surface area contributed by atoms with E-state index in [0.717, 1.165) is 0 Å². The normalized spacial score (nSPS) is 7.22. The molecule has 49 valence electrons. The minimum Gasteiger partial charge on any atom is -0.374 e. The zero-order valence-electron chi connectivity index (χ0n) is 5.91. The fourth-order valence-corrected chi connectivity index (χ4v) is 0.502. The summed E-state index contributed by atoms with van der Waals surface area (Å²) >= 11 is 0. The first-order chi connectivity index (χ1) is 3.29. The second-order valence-corrected chi connectivity index (χ2v) is 1.59. The van der Waals surface area contributed by atoms with Crippen LogP contribution < -0.4 is 4.57 Å². The molecule has 0 bridgehead atoms. The third-order valence-electron chi connectivity index (χ3n) is 0.824. The third kappa shape index (κ3) is 3.71. The zero-order chi connectivity index (χ0) is 5.28. The molecule has 0 aromatic carbocycles. The summed E-state index contributed by atoms with van der Waals surface area (Å²) in [7, 11) is 5.60. The van der Waals surface area contributed by atoms with E-state index in [9.17, 15) is 0 Å². The van der Waals surface area contributed by atoms with Crippen molar-refractivity contribution in [2.45, 2.75) is 0 Å². The Balaban J connectivity index is 0. The van der Waals surface area contributed by atoms with Crippen molar-refractivity contribution in [2.24, 2.45) is 7.05 Å². The number of hydrogen-bond donors (Lipinski definition) is 0. The van der Waals surface area contributed by atoms with Crippen molar-refractivity contribution in [2.75, 3.05) is 0 Å². The van der Waals surface area contributed by atoms with E-state index in [1.165, 1.54) is 0 Å². The third-order valence-corrected chi connectivity index (χ3v) is 0.824. The van der Waals surface area contributed by atoms with Crippen LogP contribution in [0.2, 0.25) is 0 Å². The van der Waals surface area contributed by atoms with Gasteiger partial charge in [0.15, 0.2) is 0 Å². The van der Waals surface area contributed by atoms with E-state index in [4.69, 9.17) is 0 Å². The second-order valence-electron chi connectivity index (χ2n) is 1.59. The van der Waals surface area contributed by atoms with Gasteiger partial charge in [0.2, 0.25) is 0 Å². The molecule has 9 heavy (non-hydrogen) atoms. The summed E-state index contributed by atoms with van der Waals surface area (Å²) in [5.41, 5.74) is 0. The Morgan fingerprint density at radius 1 is 1.56 bits per heavy atom. The van der Waals surface area contributed by atoms with Crippen LogP contribution in [0.4, 0.5) is 0 Å². The maximum absolute atomic E-state index is 3.64. The minimum atomic E-state index is 0. The van der Waals surface area contributed by atoms with Crippen LogP contribution in [0.3, 0.4) is 0 Å². The molecule has 3 heteroatoms. The van der Waals surface area contributed by atoms with Gasteiger partial charge in [0.05, 0.1) is 13.2 Å². The van der Waals surface area contributed by atoms with Crippen molar-refractivity contribution in [1.82, 2.24) is 4.57 Å². The quantitative estimate of drug-likeness (QED) is 0.423. The van der Waals surface area contributed by atoms with Crippen molar-refractivity contribution in [1.29, 1.82) is 0 Å². The van der Waals surface area contributed by atoms with Crippen LogP contribution in [0.1, 0.15) is 0 Å². The molecule has 1 radical (unpaired) electrons. The van der Waals surface area contributed by atoms with E-state index in [-0.39, 0.29) is 40.1 Å². The molecule has 0 aliphatic heterocycles. The molecule has 0 spiro atoms. The maximum Gasteiger partial charge on any atom is 0.141 e. The van der Waals surface area contributed by atoms with E-state index >= 15 is 0 Å². The van der Waals surface area contributed by atoms with Crippen molar-refractivity contribution in [3.05, 3.63) is 33.2 Å². The van der Waals surface area contributed by atoms with Gasteiger partial charge in [0.1, 0.15) is 6.33 Å². The monoisotopic (exact) mass is 200 g/mol. The predicted molar refractivity (Wildman–Crippen MR) is 32.8 cm³/mol. The molecule has 1 aromatic heterocycles. The van der Waals surface area contributed by atoms with Crippen LogP contribution in [0.25, 0.3) is 0 Å². The molecule has 0 fully saturated rings. The Labute approximate surface area is 81.8 Å². The number of hydrogen-bond acceptors (Lipinski definition) is 0. The van der Waals surface area contributed by atoms with Crippen LogP contribution in [0.15, 0.2) is 18.7 Å². The molecule has 2 nitrogen and oxygen atoms in total. The van der Waals surface area contributed by atoms with Crippen LogP contribution in [0, 0.1) is 14.5 Å². The molecule has 1 aromatic rings. The summed E-state index contributed by atoms with van der Waals surface area (Å²) < 4.78 is 3.69. The van der Waals surface area contributed by atoms with Crippen molar-refractivity contribution in [3.63, 3.8) is 0 Å². The summed E-state index contributed by atoms with van der Waals surface area (Å²) in [5.74, 6) is 0. The van der Waals surface area contributed by atoms with Gasteiger partial charge in [-0.1, -0.05) is 0 Å². The molecule has 1 rings (SSSR count). The van der Waals surface area contributed by atoms with Crippen molar-refractivity contribution < 1.29 is 37.3 Å². The summed E-state index contributed by atoms with van der Waals surface area (Å²) in [6.07, 6.45) is 5.72. The van der Waals surface area contributed by atoms with Gasteiger partial charge in [-0.3, -0.25) is 0 Å². The number of aromatic nitrogens is 2. The predicted octanol–water partition coefficient (Wildman–Crippen LogP) is 0.400. The Bertz CT molecular complexity index is 143. The van der Waals surface area contributed by atoms with Crippen LogP contribution in [-0.2, 0) is 39.8 Å². The largest absolute Gasteiger partial charge is 0.374 e. The molecule has 0 atom stereocenters. The van der Waals surface area contributed by atoms with E-state index < -0.39 is 0 Å². The van der Waals surface area contributed by atoms with Crippen LogP contribution in [0.5, 0.6) is 0 Å². The van der Waals surface area contributed by atoms with E-state index in [1.807, 2.05) is 30.3 Å². The van der Waals surface area contributed by atoms with E-state index in [1.54, 1.807) is 4.57 Å². The molecular weight excluding hydrogens is 189 g/mol. The molecule has 1 heterocycles. The summed E-state index contributed by atoms with van der Waals surface area (Å²) in [5, 5.41) is 0. The van der Waals surface area contributed by atoms with Crippen molar-refractivity contribution >= 4 is 0 Å². The van der Waals surface area contributed by atoms with Gasteiger partial charge in [-0.25, -0.2) is 0 Å². The first-order valence-electron chi connectivity index (χ1n) is 2.13. The Morgan fingerprint density at radius 3 is 2.22 bits per heavy atom. The number of aryl methyl sites for hydroxylation is 1. The molecule has 0 amide bonds. The molecule has 0 unspecified atom stereocenters. The van der Waals surface area contributed by atoms with Gasteiger partial charge in [-0.15, -0.1) is 0 Å². The summed E-state index contributed by atoms with van der Waals surface area (Å²) in [6, 6.07) is 0. The van der Waals surface area contributed by atoms with Gasteiger partial charge in [-0.05, 0) is 7.05 Å². The van der Waals surface area contributed by atoms with Crippen LogP contribution >= 0.6 is 0 Å². The minimum absolute atomic E-state index is 0. The summed E-state index contributed by atoms with van der Waals surface area (Å²) in [6.45, 7) is 0. The standard InChI is InChI=1S/C5H8N2.CH3.Y/c1-6-3-4-7(2)5-6;;/h3-5H,1H2,2H3;1H3;/q;-1;. The smallest absolute Gasteiger partial charge is 0.141 e.